The van der Waals surface area contributed by atoms with Gasteiger partial charge in [0.05, 0.1) is 11.7 Å². The number of aliphatic hydroxyl groups is 1. The zero-order valence-corrected chi connectivity index (χ0v) is 10.3. The van der Waals surface area contributed by atoms with Gasteiger partial charge in [0.25, 0.3) is 0 Å². The third-order valence-electron chi connectivity index (χ3n) is 2.23. The molecule has 1 atom stereocenters. The molecule has 0 aromatic heterocycles. The molecule has 0 bridgehead atoms. The summed E-state index contributed by atoms with van der Waals surface area (Å²) in [6.45, 7) is 3.60. The minimum atomic E-state index is -0.931. The van der Waals surface area contributed by atoms with Crippen LogP contribution in [-0.4, -0.2) is 28.0 Å². The molecule has 0 spiro atoms. The van der Waals surface area contributed by atoms with Crippen LogP contribution in [0.25, 0.3) is 0 Å². The molecule has 0 heterocycles. The van der Waals surface area contributed by atoms with Gasteiger partial charge in [0.15, 0.2) is 0 Å². The van der Waals surface area contributed by atoms with Crippen LogP contribution in [-0.2, 0) is 0 Å². The Morgan fingerprint density at radius 2 is 2.29 bits per heavy atom. The molecule has 1 unspecified atom stereocenters. The summed E-state index contributed by atoms with van der Waals surface area (Å²) >= 11 is 1.46. The summed E-state index contributed by atoms with van der Waals surface area (Å²) < 4.78 is 0. The largest absolute Gasteiger partial charge is 0.478 e. The SMILES string of the molecule is C=CCCC(O)CSc1cccc(C(=O)O)c1. The van der Waals surface area contributed by atoms with Crippen molar-refractivity contribution in [2.24, 2.45) is 0 Å². The molecule has 1 aromatic carbocycles. The van der Waals surface area contributed by atoms with E-state index in [-0.39, 0.29) is 11.7 Å². The Kier molecular flexibility index (Phi) is 5.80. The molecule has 0 saturated carbocycles. The fourth-order valence-electron chi connectivity index (χ4n) is 1.30. The maximum Gasteiger partial charge on any atom is 0.335 e. The summed E-state index contributed by atoms with van der Waals surface area (Å²) in [5.41, 5.74) is 0.274. The first-order chi connectivity index (χ1) is 8.13. The fraction of sp³-hybridized carbons (Fsp3) is 0.308. The Morgan fingerprint density at radius 1 is 1.53 bits per heavy atom. The maximum absolute atomic E-state index is 10.8. The van der Waals surface area contributed by atoms with Crippen molar-refractivity contribution >= 4 is 17.7 Å². The number of carbonyl (C=O) groups is 1. The predicted octanol–water partition coefficient (Wildman–Crippen LogP) is 2.80. The van der Waals surface area contributed by atoms with Gasteiger partial charge in [-0.05, 0) is 31.0 Å². The van der Waals surface area contributed by atoms with Gasteiger partial charge in [-0.1, -0.05) is 12.1 Å². The highest BCUT2D eigenvalue weighted by atomic mass is 32.2. The van der Waals surface area contributed by atoms with E-state index in [1.54, 1.807) is 24.3 Å². The van der Waals surface area contributed by atoms with E-state index in [4.69, 9.17) is 5.11 Å². The van der Waals surface area contributed by atoms with Crippen LogP contribution in [0.3, 0.4) is 0 Å². The molecule has 4 heteroatoms. The summed E-state index contributed by atoms with van der Waals surface area (Å²) in [5, 5.41) is 18.5. The summed E-state index contributed by atoms with van der Waals surface area (Å²) in [7, 11) is 0. The van der Waals surface area contributed by atoms with E-state index in [1.165, 1.54) is 11.8 Å². The average Bonchev–Trinajstić information content (AvgIpc) is 2.34. The van der Waals surface area contributed by atoms with Gasteiger partial charge in [-0.25, -0.2) is 4.79 Å². The van der Waals surface area contributed by atoms with Crippen molar-refractivity contribution in [3.63, 3.8) is 0 Å². The van der Waals surface area contributed by atoms with Gasteiger partial charge < -0.3 is 10.2 Å². The van der Waals surface area contributed by atoms with Crippen molar-refractivity contribution in [2.75, 3.05) is 5.75 Å². The number of hydrogen-bond donors (Lipinski definition) is 2. The Labute approximate surface area is 105 Å². The van der Waals surface area contributed by atoms with Crippen LogP contribution in [0, 0.1) is 0 Å². The third-order valence-corrected chi connectivity index (χ3v) is 3.37. The van der Waals surface area contributed by atoms with Crippen molar-refractivity contribution in [3.05, 3.63) is 42.5 Å². The minimum absolute atomic E-state index is 0.274. The fourth-order valence-corrected chi connectivity index (χ4v) is 2.24. The molecule has 1 rings (SSSR count). The molecule has 17 heavy (non-hydrogen) atoms. The van der Waals surface area contributed by atoms with Crippen molar-refractivity contribution in [1.29, 1.82) is 0 Å². The van der Waals surface area contributed by atoms with Gasteiger partial charge in [-0.15, -0.1) is 18.3 Å². The van der Waals surface area contributed by atoms with Gasteiger partial charge in [0.1, 0.15) is 0 Å². The standard InChI is InChI=1S/C13H16O3S/c1-2-3-6-11(14)9-17-12-7-4-5-10(8-12)13(15)16/h2,4-5,7-8,11,14H,1,3,6,9H2,(H,15,16). The molecule has 0 aliphatic heterocycles. The number of thioether (sulfide) groups is 1. The van der Waals surface area contributed by atoms with E-state index in [1.807, 2.05) is 6.07 Å². The van der Waals surface area contributed by atoms with E-state index >= 15 is 0 Å². The highest BCUT2D eigenvalue weighted by Crippen LogP contribution is 2.21. The lowest BCUT2D eigenvalue weighted by molar-refractivity contribution is 0.0696. The molecule has 3 nitrogen and oxygen atoms in total. The monoisotopic (exact) mass is 252 g/mol. The molecule has 92 valence electrons. The van der Waals surface area contributed by atoms with E-state index in [9.17, 15) is 9.90 Å². The molecule has 0 radical (unpaired) electrons. The minimum Gasteiger partial charge on any atom is -0.478 e. The van der Waals surface area contributed by atoms with Crippen molar-refractivity contribution < 1.29 is 15.0 Å². The summed E-state index contributed by atoms with van der Waals surface area (Å²) in [6.07, 6.45) is 2.87. The first-order valence-corrected chi connectivity index (χ1v) is 6.37. The Morgan fingerprint density at radius 3 is 2.94 bits per heavy atom. The number of aliphatic hydroxyl groups excluding tert-OH is 1. The molecule has 0 fully saturated rings. The van der Waals surface area contributed by atoms with E-state index in [0.717, 1.165) is 11.3 Å². The van der Waals surface area contributed by atoms with Gasteiger partial charge in [0.2, 0.25) is 0 Å². The van der Waals surface area contributed by atoms with Crippen LogP contribution in [0.4, 0.5) is 0 Å². The summed E-state index contributed by atoms with van der Waals surface area (Å²) in [6, 6.07) is 6.73. The first-order valence-electron chi connectivity index (χ1n) is 5.38. The van der Waals surface area contributed by atoms with Gasteiger partial charge >= 0.3 is 5.97 Å². The van der Waals surface area contributed by atoms with Gasteiger partial charge in [-0.2, -0.15) is 0 Å². The highest BCUT2D eigenvalue weighted by Gasteiger charge is 2.06. The number of aromatic carboxylic acids is 1. The zero-order chi connectivity index (χ0) is 12.7. The molecule has 0 aliphatic rings. The number of carboxylic acid groups (broad SMARTS) is 1. The molecule has 0 saturated heterocycles. The number of hydrogen-bond acceptors (Lipinski definition) is 3. The second-order valence-corrected chi connectivity index (χ2v) is 4.76. The number of allylic oxidation sites excluding steroid dienone is 1. The lowest BCUT2D eigenvalue weighted by Crippen LogP contribution is -2.08. The quantitative estimate of drug-likeness (QED) is 0.578. The Balaban J connectivity index is 2.48. The van der Waals surface area contributed by atoms with Crippen LogP contribution in [0.5, 0.6) is 0 Å². The van der Waals surface area contributed by atoms with Crippen LogP contribution in [0.2, 0.25) is 0 Å². The molecular weight excluding hydrogens is 236 g/mol. The maximum atomic E-state index is 10.8. The molecule has 2 N–H and O–H groups in total. The third kappa shape index (κ3) is 5.06. The van der Waals surface area contributed by atoms with Crippen molar-refractivity contribution in [1.82, 2.24) is 0 Å². The van der Waals surface area contributed by atoms with E-state index in [0.29, 0.717) is 12.2 Å². The Bertz CT molecular complexity index is 390. The molecule has 0 amide bonds. The lowest BCUT2D eigenvalue weighted by atomic mass is 10.2. The number of carboxylic acids is 1. The topological polar surface area (TPSA) is 57.5 Å². The van der Waals surface area contributed by atoms with Crippen molar-refractivity contribution in [3.8, 4) is 0 Å². The van der Waals surface area contributed by atoms with E-state index in [2.05, 4.69) is 6.58 Å². The second-order valence-electron chi connectivity index (χ2n) is 3.66. The summed E-state index contributed by atoms with van der Waals surface area (Å²) in [4.78, 5) is 11.6. The molecule has 1 aromatic rings. The van der Waals surface area contributed by atoms with E-state index < -0.39 is 5.97 Å². The smallest absolute Gasteiger partial charge is 0.335 e. The predicted molar refractivity (Wildman–Crippen MR) is 69.6 cm³/mol. The second kappa shape index (κ2) is 7.14. The highest BCUT2D eigenvalue weighted by molar-refractivity contribution is 7.99. The van der Waals surface area contributed by atoms with Crippen molar-refractivity contribution in [2.45, 2.75) is 23.8 Å². The van der Waals surface area contributed by atoms with Gasteiger partial charge in [0, 0.05) is 10.6 Å². The van der Waals surface area contributed by atoms with Crippen LogP contribution in [0.15, 0.2) is 41.8 Å². The zero-order valence-electron chi connectivity index (χ0n) is 9.50. The molecular formula is C13H16O3S. The first kappa shape index (κ1) is 13.8. The van der Waals surface area contributed by atoms with Crippen LogP contribution in [0.1, 0.15) is 23.2 Å². The van der Waals surface area contributed by atoms with Crippen LogP contribution >= 0.6 is 11.8 Å². The lowest BCUT2D eigenvalue weighted by Gasteiger charge is -2.08. The number of rotatable bonds is 7. The summed E-state index contributed by atoms with van der Waals surface area (Å²) in [5.74, 6) is -0.364. The normalized spacial score (nSPS) is 12.1. The van der Waals surface area contributed by atoms with Crippen LogP contribution < -0.4 is 0 Å². The Hall–Kier alpha value is -1.26. The number of benzene rings is 1. The molecule has 0 aliphatic carbocycles. The average molecular weight is 252 g/mol. The van der Waals surface area contributed by atoms with Gasteiger partial charge in [-0.3, -0.25) is 0 Å².